The number of rotatable bonds is 36. The molecular formula is C59H108N10O13. The summed E-state index contributed by atoms with van der Waals surface area (Å²) < 4.78 is 12.8. The molecule has 23 nitrogen and oxygen atoms in total. The van der Waals surface area contributed by atoms with E-state index in [1.54, 1.807) is 41.7 Å². The molecule has 13 atom stereocenters. The number of likely N-dealkylation sites (N-methyl/N-ethyl adjacent to an activating group) is 6. The molecule has 0 aromatic heterocycles. The highest BCUT2D eigenvalue weighted by Gasteiger charge is 2.49. The number of ether oxygens (including phenoxy) is 2. The molecule has 23 heteroatoms. The molecule has 0 saturated carbocycles. The van der Waals surface area contributed by atoms with Gasteiger partial charge in [0.15, 0.2) is 24.0 Å². The number of nitrogens with one attached hydrogen (secondary N) is 3. The molecular weight excluding hydrogens is 1060 g/mol. The Hall–Kier alpha value is -4.94. The summed E-state index contributed by atoms with van der Waals surface area (Å²) in [6.07, 6.45) is -1.11. The van der Waals surface area contributed by atoms with Crippen LogP contribution < -0.4 is 21.7 Å². The smallest absolute Gasteiger partial charge is 0.252 e. The van der Waals surface area contributed by atoms with Gasteiger partial charge in [0.1, 0.15) is 36.7 Å². The maximum absolute atomic E-state index is 15.0. The first-order chi connectivity index (χ1) is 38.0. The third kappa shape index (κ3) is 21.0. The zero-order valence-electron chi connectivity index (χ0n) is 53.6. The Morgan fingerprint density at radius 3 is 1.83 bits per heavy atom. The molecule has 0 aromatic carbocycles. The van der Waals surface area contributed by atoms with Crippen LogP contribution in [0.1, 0.15) is 162 Å². The highest BCUT2D eigenvalue weighted by Crippen LogP contribution is 2.30. The summed E-state index contributed by atoms with van der Waals surface area (Å²) in [7, 11) is 8.81. The molecule has 1 rings (SSSR count). The van der Waals surface area contributed by atoms with Crippen LogP contribution in [0.5, 0.6) is 0 Å². The third-order valence-electron chi connectivity index (χ3n) is 15.5. The zero-order chi connectivity index (χ0) is 63.5. The molecule has 0 radical (unpaired) electrons. The van der Waals surface area contributed by atoms with Crippen LogP contribution in [0.2, 0.25) is 0 Å². The van der Waals surface area contributed by atoms with Gasteiger partial charge in [0, 0.05) is 55.1 Å². The third-order valence-corrected chi connectivity index (χ3v) is 15.5. The fourth-order valence-corrected chi connectivity index (χ4v) is 10.6. The van der Waals surface area contributed by atoms with Crippen molar-refractivity contribution in [3.05, 3.63) is 0 Å². The normalized spacial score (nSPS) is 20.8. The number of aliphatic hydroxyl groups excluding tert-OH is 1. The lowest BCUT2D eigenvalue weighted by molar-refractivity contribution is -0.175. The van der Waals surface area contributed by atoms with Gasteiger partial charge < -0.3 is 59.8 Å². The summed E-state index contributed by atoms with van der Waals surface area (Å²) in [5.74, 6) is -4.92. The van der Waals surface area contributed by atoms with Crippen molar-refractivity contribution in [3.8, 4) is 0 Å². The number of amides is 7. The first kappa shape index (κ1) is 75.1. The standard InChI is InChI=1S/C59H108N10O13/c1-22-24-45(63-58(15,33-71)82-50(39(11)12)57(80)65(17)44(52(60)75)30-37(7)8)66(18)55(78)43(29-36(5)6)62-59(34-72,31-38(9)10)69(21)47(74)32-64(16)54(77)42(23-2)61-53(76)49-51(40(13)27-28-70)81-41(14)48(56(79)68(49)20)67(19)46(73)26-25-35(3)4/h28,33-45,48-52,62-63,75H,22-27,29-32,60H2,1-21H3,(H,61,76). The van der Waals surface area contributed by atoms with Gasteiger partial charge in [-0.3, -0.25) is 53.8 Å². The molecule has 0 bridgehead atoms. The van der Waals surface area contributed by atoms with Gasteiger partial charge in [-0.25, -0.2) is 0 Å². The van der Waals surface area contributed by atoms with Crippen LogP contribution in [0, 0.1) is 35.5 Å². The Labute approximate surface area is 490 Å². The lowest BCUT2D eigenvalue weighted by Crippen LogP contribution is -2.68. The maximum Gasteiger partial charge on any atom is 0.252 e. The molecule has 0 aromatic rings. The molecule has 1 aliphatic rings. The van der Waals surface area contributed by atoms with E-state index in [2.05, 4.69) is 16.0 Å². The van der Waals surface area contributed by atoms with Gasteiger partial charge in [0.25, 0.3) is 5.91 Å². The molecule has 0 spiro atoms. The summed E-state index contributed by atoms with van der Waals surface area (Å²) in [5.41, 5.74) is 2.30. The van der Waals surface area contributed by atoms with Crippen LogP contribution in [0.15, 0.2) is 0 Å². The van der Waals surface area contributed by atoms with E-state index in [0.717, 1.165) is 4.90 Å². The average Bonchev–Trinajstić information content (AvgIpc) is 3.80. The second-order valence-corrected chi connectivity index (χ2v) is 25.1. The molecule has 1 heterocycles. The van der Waals surface area contributed by atoms with E-state index in [-0.39, 0.29) is 61.7 Å². The largest absolute Gasteiger partial charge is 0.377 e. The van der Waals surface area contributed by atoms with Crippen LogP contribution in [-0.2, 0) is 57.4 Å². The molecule has 0 aliphatic carbocycles. The number of aliphatic hydroxyl groups is 1. The van der Waals surface area contributed by atoms with Crippen molar-refractivity contribution < 1.29 is 62.5 Å². The van der Waals surface area contributed by atoms with E-state index in [1.165, 1.54) is 66.7 Å². The van der Waals surface area contributed by atoms with Gasteiger partial charge in [-0.15, -0.1) is 0 Å². The number of nitrogens with zero attached hydrogens (tertiary/aromatic N) is 6. The van der Waals surface area contributed by atoms with Gasteiger partial charge in [-0.1, -0.05) is 96.4 Å². The summed E-state index contributed by atoms with van der Waals surface area (Å²) >= 11 is 0. The topological polar surface area (TPSA) is 291 Å². The lowest BCUT2D eigenvalue weighted by atomic mass is 9.93. The monoisotopic (exact) mass is 1160 g/mol. The van der Waals surface area contributed by atoms with Crippen LogP contribution in [0.3, 0.4) is 0 Å². The maximum atomic E-state index is 15.0. The Kier molecular flexibility index (Phi) is 31.2. The highest BCUT2D eigenvalue weighted by atomic mass is 16.5. The predicted octanol–water partition coefficient (Wildman–Crippen LogP) is 3.13. The van der Waals surface area contributed by atoms with Crippen molar-refractivity contribution >= 4 is 60.2 Å². The molecule has 13 unspecified atom stereocenters. The number of nitrogens with two attached hydrogens (primary N) is 1. The molecule has 1 fully saturated rings. The van der Waals surface area contributed by atoms with Crippen LogP contribution in [0.4, 0.5) is 0 Å². The van der Waals surface area contributed by atoms with E-state index in [9.17, 15) is 53.1 Å². The van der Waals surface area contributed by atoms with Gasteiger partial charge in [0.05, 0.1) is 37.0 Å². The van der Waals surface area contributed by atoms with Crippen LogP contribution in [-0.4, -0.2) is 216 Å². The second kappa shape index (κ2) is 34.1. The van der Waals surface area contributed by atoms with Crippen LogP contribution in [0.25, 0.3) is 0 Å². The van der Waals surface area contributed by atoms with Crippen molar-refractivity contribution in [2.24, 2.45) is 41.2 Å². The van der Waals surface area contributed by atoms with Gasteiger partial charge in [0.2, 0.25) is 35.4 Å². The minimum Gasteiger partial charge on any atom is -0.377 e. The summed E-state index contributed by atoms with van der Waals surface area (Å²) in [5, 5.41) is 19.7. The van der Waals surface area contributed by atoms with Gasteiger partial charge in [-0.05, 0) is 87.9 Å². The molecule has 1 saturated heterocycles. The highest BCUT2D eigenvalue weighted by molar-refractivity contribution is 5.96. The van der Waals surface area contributed by atoms with E-state index in [4.69, 9.17) is 15.2 Å². The SMILES string of the molecule is CCCC(NC(C)(C=O)OC(C(=O)N(C)C(CC(C)C)C(N)O)C(C)C)N(C)C(=O)C(CC(C)C)NC(C=O)(CC(C)C)N(C)C(=O)CN(C)C(=O)C(CC)NC(=O)C1C(C(C)CC=O)OC(C)C(N(C)C(=O)CCC(C)C)C(=O)N1C. The molecule has 6 N–H and O–H groups in total. The Morgan fingerprint density at radius 1 is 0.780 bits per heavy atom. The number of carbonyl (C=O) groups is 10. The summed E-state index contributed by atoms with van der Waals surface area (Å²) in [4.78, 5) is 146. The number of hydrogen-bond acceptors (Lipinski definition) is 16. The van der Waals surface area contributed by atoms with E-state index in [0.29, 0.717) is 44.5 Å². The average molecular weight is 1170 g/mol. The molecule has 1 aliphatic heterocycles. The lowest BCUT2D eigenvalue weighted by Gasteiger charge is -2.44. The van der Waals surface area contributed by atoms with Crippen molar-refractivity contribution in [3.63, 3.8) is 0 Å². The van der Waals surface area contributed by atoms with Crippen molar-refractivity contribution in [2.45, 2.75) is 234 Å². The van der Waals surface area contributed by atoms with Crippen molar-refractivity contribution in [2.75, 3.05) is 48.8 Å². The van der Waals surface area contributed by atoms with Gasteiger partial charge in [-0.2, -0.15) is 0 Å². The summed E-state index contributed by atoms with van der Waals surface area (Å²) in [6.45, 7) is 26.7. The second-order valence-electron chi connectivity index (χ2n) is 25.1. The van der Waals surface area contributed by atoms with E-state index >= 15 is 0 Å². The number of carbonyl (C=O) groups excluding carboxylic acids is 10. The zero-order valence-corrected chi connectivity index (χ0v) is 53.6. The fourth-order valence-electron chi connectivity index (χ4n) is 10.6. The molecule has 82 heavy (non-hydrogen) atoms. The molecule has 472 valence electrons. The minimum absolute atomic E-state index is 0.0134. The van der Waals surface area contributed by atoms with Crippen molar-refractivity contribution in [1.82, 2.24) is 45.3 Å². The van der Waals surface area contributed by atoms with Crippen molar-refractivity contribution in [1.29, 1.82) is 0 Å². The Balaban J connectivity index is 3.64. The summed E-state index contributed by atoms with van der Waals surface area (Å²) in [6, 6.07) is -5.46. The Morgan fingerprint density at radius 2 is 1.37 bits per heavy atom. The van der Waals surface area contributed by atoms with Gasteiger partial charge >= 0.3 is 0 Å². The van der Waals surface area contributed by atoms with E-state index in [1.807, 2.05) is 62.3 Å². The first-order valence-electron chi connectivity index (χ1n) is 29.5. The minimum atomic E-state index is -1.82. The molecule has 7 amide bonds. The fraction of sp³-hybridized carbons (Fsp3) is 0.831. The first-order valence-corrected chi connectivity index (χ1v) is 29.5. The number of aldehydes is 3. The van der Waals surface area contributed by atoms with E-state index < -0.39 is 126 Å². The quantitative estimate of drug-likeness (QED) is 0.0445. The van der Waals surface area contributed by atoms with Crippen LogP contribution >= 0.6 is 0 Å². The Bertz CT molecular complexity index is 2110. The predicted molar refractivity (Wildman–Crippen MR) is 314 cm³/mol. The number of hydrogen-bond donors (Lipinski definition) is 5.